The van der Waals surface area contributed by atoms with E-state index in [2.05, 4.69) is 27.8 Å². The van der Waals surface area contributed by atoms with E-state index in [1.54, 1.807) is 12.4 Å². The third-order valence-corrected chi connectivity index (χ3v) is 3.54. The lowest BCUT2D eigenvalue weighted by Gasteiger charge is -2.10. The normalized spacial score (nSPS) is 12.7. The molecule has 1 heterocycles. The van der Waals surface area contributed by atoms with Gasteiger partial charge in [-0.25, -0.2) is 0 Å². The van der Waals surface area contributed by atoms with E-state index in [0.29, 0.717) is 4.83 Å². The van der Waals surface area contributed by atoms with E-state index in [-0.39, 0.29) is 0 Å². The third-order valence-electron chi connectivity index (χ3n) is 2.42. The molecule has 0 saturated carbocycles. The lowest BCUT2D eigenvalue weighted by molar-refractivity contribution is 0.648. The van der Waals surface area contributed by atoms with Gasteiger partial charge in [0.2, 0.25) is 0 Å². The van der Waals surface area contributed by atoms with Crippen LogP contribution in [0, 0.1) is 0 Å². The molecule has 15 heavy (non-hydrogen) atoms. The Morgan fingerprint density at radius 1 is 1.47 bits per heavy atom. The van der Waals surface area contributed by atoms with Crippen LogP contribution in [0.1, 0.15) is 38.2 Å². The Hall–Kier alpha value is -0.0800. The van der Waals surface area contributed by atoms with Gasteiger partial charge in [-0.15, -0.1) is 0 Å². The number of halogens is 2. The van der Waals surface area contributed by atoms with E-state index in [1.165, 1.54) is 31.2 Å². The van der Waals surface area contributed by atoms with Crippen molar-refractivity contribution in [2.45, 2.75) is 43.9 Å². The van der Waals surface area contributed by atoms with Crippen molar-refractivity contribution in [3.05, 3.63) is 29.0 Å². The fourth-order valence-corrected chi connectivity index (χ4v) is 2.40. The number of unbranched alkanes of at least 4 members (excludes halogenated alkanes) is 2. The topological polar surface area (TPSA) is 12.9 Å². The maximum Gasteiger partial charge on any atom is 0.0621 e. The molecule has 1 nitrogen and oxygen atoms in total. The largest absolute Gasteiger partial charge is 0.263 e. The summed E-state index contributed by atoms with van der Waals surface area (Å²) in [6.45, 7) is 2.23. The van der Waals surface area contributed by atoms with Crippen LogP contribution in [-0.4, -0.2) is 9.81 Å². The highest BCUT2D eigenvalue weighted by Gasteiger charge is 2.07. The van der Waals surface area contributed by atoms with Crippen molar-refractivity contribution in [2.75, 3.05) is 0 Å². The molecule has 0 aromatic carbocycles. The average Bonchev–Trinajstić information content (AvgIpc) is 2.22. The van der Waals surface area contributed by atoms with Crippen LogP contribution in [0.25, 0.3) is 0 Å². The number of alkyl halides is 1. The Labute approximate surface area is 105 Å². The molecule has 1 aromatic rings. The van der Waals surface area contributed by atoms with Gasteiger partial charge in [0.05, 0.1) is 5.02 Å². The van der Waals surface area contributed by atoms with Crippen molar-refractivity contribution in [2.24, 2.45) is 0 Å². The predicted octanol–water partition coefficient (Wildman–Crippen LogP) is 4.62. The van der Waals surface area contributed by atoms with Crippen molar-refractivity contribution in [1.29, 1.82) is 0 Å². The molecule has 3 heteroatoms. The summed E-state index contributed by atoms with van der Waals surface area (Å²) in [4.78, 5) is 4.51. The van der Waals surface area contributed by atoms with Gasteiger partial charge in [-0.3, -0.25) is 4.98 Å². The second-order valence-corrected chi connectivity index (χ2v) is 5.47. The zero-order valence-corrected chi connectivity index (χ0v) is 11.4. The van der Waals surface area contributed by atoms with Crippen LogP contribution in [0.5, 0.6) is 0 Å². The van der Waals surface area contributed by atoms with Crippen LogP contribution in [0.2, 0.25) is 5.02 Å². The van der Waals surface area contributed by atoms with Crippen LogP contribution in [0.4, 0.5) is 0 Å². The summed E-state index contributed by atoms with van der Waals surface area (Å²) in [5.41, 5.74) is 1.19. The number of rotatable bonds is 6. The SMILES string of the molecule is CCCCCC(Br)Cc1ccncc1Cl. The van der Waals surface area contributed by atoms with Gasteiger partial charge in [0.1, 0.15) is 0 Å². The van der Waals surface area contributed by atoms with Gasteiger partial charge in [-0.2, -0.15) is 0 Å². The van der Waals surface area contributed by atoms with Crippen molar-refractivity contribution in [3.8, 4) is 0 Å². The van der Waals surface area contributed by atoms with E-state index >= 15 is 0 Å². The van der Waals surface area contributed by atoms with Crippen LogP contribution in [0.15, 0.2) is 18.5 Å². The molecule has 0 saturated heterocycles. The zero-order chi connectivity index (χ0) is 11.1. The molecular formula is C12H17BrClN. The first-order chi connectivity index (χ1) is 7.24. The van der Waals surface area contributed by atoms with Crippen molar-refractivity contribution < 1.29 is 0 Å². The minimum Gasteiger partial charge on any atom is -0.263 e. The minimum atomic E-state index is 0.531. The van der Waals surface area contributed by atoms with Gasteiger partial charge in [-0.1, -0.05) is 53.7 Å². The average molecular weight is 291 g/mol. The van der Waals surface area contributed by atoms with Crippen LogP contribution in [-0.2, 0) is 6.42 Å². The van der Waals surface area contributed by atoms with Gasteiger partial charge in [0, 0.05) is 17.2 Å². The van der Waals surface area contributed by atoms with E-state index in [0.717, 1.165) is 11.4 Å². The second kappa shape index (κ2) is 7.24. The smallest absolute Gasteiger partial charge is 0.0621 e. The molecule has 1 atom stereocenters. The number of hydrogen-bond donors (Lipinski definition) is 0. The number of hydrogen-bond acceptors (Lipinski definition) is 1. The highest BCUT2D eigenvalue weighted by molar-refractivity contribution is 9.09. The Balaban J connectivity index is 2.37. The first kappa shape index (κ1) is 13.0. The minimum absolute atomic E-state index is 0.531. The molecular weight excluding hydrogens is 273 g/mol. The van der Waals surface area contributed by atoms with E-state index in [1.807, 2.05) is 6.07 Å². The Bertz CT molecular complexity index is 291. The fourth-order valence-electron chi connectivity index (χ4n) is 1.53. The Kier molecular flexibility index (Phi) is 6.26. The molecule has 1 unspecified atom stereocenters. The summed E-state index contributed by atoms with van der Waals surface area (Å²) >= 11 is 9.75. The maximum atomic E-state index is 6.05. The molecule has 0 spiro atoms. The molecule has 0 aliphatic carbocycles. The summed E-state index contributed by atoms with van der Waals surface area (Å²) < 4.78 is 0. The lowest BCUT2D eigenvalue weighted by Crippen LogP contribution is -2.03. The monoisotopic (exact) mass is 289 g/mol. The quantitative estimate of drug-likeness (QED) is 0.550. The van der Waals surface area contributed by atoms with Crippen molar-refractivity contribution >= 4 is 27.5 Å². The predicted molar refractivity (Wildman–Crippen MR) is 69.8 cm³/mol. The van der Waals surface area contributed by atoms with E-state index in [9.17, 15) is 0 Å². The number of nitrogens with zero attached hydrogens (tertiary/aromatic N) is 1. The highest BCUT2D eigenvalue weighted by atomic mass is 79.9. The number of aromatic nitrogens is 1. The maximum absolute atomic E-state index is 6.05. The van der Waals surface area contributed by atoms with Crippen molar-refractivity contribution in [3.63, 3.8) is 0 Å². The summed E-state index contributed by atoms with van der Waals surface area (Å²) in [5.74, 6) is 0. The fraction of sp³-hybridized carbons (Fsp3) is 0.583. The van der Waals surface area contributed by atoms with Gasteiger partial charge in [-0.05, 0) is 24.5 Å². The lowest BCUT2D eigenvalue weighted by atomic mass is 10.1. The summed E-state index contributed by atoms with van der Waals surface area (Å²) in [6.07, 6.45) is 9.59. The Morgan fingerprint density at radius 2 is 2.27 bits per heavy atom. The highest BCUT2D eigenvalue weighted by Crippen LogP contribution is 2.21. The summed E-state index contributed by atoms with van der Waals surface area (Å²) in [5, 5.41) is 0.775. The summed E-state index contributed by atoms with van der Waals surface area (Å²) in [6, 6.07) is 2.00. The Morgan fingerprint density at radius 3 is 2.93 bits per heavy atom. The second-order valence-electron chi connectivity index (χ2n) is 3.76. The third kappa shape index (κ3) is 4.98. The zero-order valence-electron chi connectivity index (χ0n) is 9.05. The first-order valence-electron chi connectivity index (χ1n) is 5.46. The van der Waals surface area contributed by atoms with Gasteiger partial charge in [0.15, 0.2) is 0 Å². The standard InChI is InChI=1S/C12H17BrClN/c1-2-3-4-5-11(13)8-10-6-7-15-9-12(10)14/h6-7,9,11H,2-5,8H2,1H3. The molecule has 84 valence electrons. The molecule has 0 aliphatic rings. The molecule has 0 aliphatic heterocycles. The van der Waals surface area contributed by atoms with Crippen LogP contribution < -0.4 is 0 Å². The van der Waals surface area contributed by atoms with E-state index < -0.39 is 0 Å². The molecule has 0 radical (unpaired) electrons. The van der Waals surface area contributed by atoms with Crippen molar-refractivity contribution in [1.82, 2.24) is 4.98 Å². The van der Waals surface area contributed by atoms with Crippen LogP contribution in [0.3, 0.4) is 0 Å². The summed E-state index contributed by atoms with van der Waals surface area (Å²) in [7, 11) is 0. The first-order valence-corrected chi connectivity index (χ1v) is 6.76. The molecule has 0 N–H and O–H groups in total. The van der Waals surface area contributed by atoms with Gasteiger partial charge in [0.25, 0.3) is 0 Å². The molecule has 0 amide bonds. The van der Waals surface area contributed by atoms with Crippen LogP contribution >= 0.6 is 27.5 Å². The van der Waals surface area contributed by atoms with Gasteiger partial charge < -0.3 is 0 Å². The molecule has 1 rings (SSSR count). The molecule has 1 aromatic heterocycles. The molecule has 0 bridgehead atoms. The number of pyridine rings is 1. The van der Waals surface area contributed by atoms with Gasteiger partial charge >= 0.3 is 0 Å². The van der Waals surface area contributed by atoms with E-state index in [4.69, 9.17) is 11.6 Å². The molecule has 0 fully saturated rings.